The number of para-hydroxylation sites is 1. The minimum absolute atomic E-state index is 0.0171. The van der Waals surface area contributed by atoms with Crippen LogP contribution in [0.2, 0.25) is 0 Å². The van der Waals surface area contributed by atoms with Crippen LogP contribution in [0.25, 0.3) is 5.69 Å². The normalized spacial score (nSPS) is 10.6. The lowest BCUT2D eigenvalue weighted by Crippen LogP contribution is -2.41. The fraction of sp³-hybridized carbons (Fsp3) is 0.0833. The zero-order valence-electron chi connectivity index (χ0n) is 16.8. The van der Waals surface area contributed by atoms with Crippen LogP contribution in [0.4, 0.5) is 0 Å². The number of ketones is 1. The molecule has 7 nitrogen and oxygen atoms in total. The van der Waals surface area contributed by atoms with Crippen LogP contribution in [0, 0.1) is 0 Å². The first-order valence-corrected chi connectivity index (χ1v) is 9.61. The summed E-state index contributed by atoms with van der Waals surface area (Å²) in [4.78, 5) is 38.2. The second-order valence-corrected chi connectivity index (χ2v) is 6.82. The molecule has 0 aliphatic rings. The van der Waals surface area contributed by atoms with E-state index < -0.39 is 11.2 Å². The third-order valence-electron chi connectivity index (χ3n) is 4.82. The average molecular weight is 413 g/mol. The van der Waals surface area contributed by atoms with Crippen LogP contribution in [0.15, 0.2) is 94.5 Å². The minimum Gasteiger partial charge on any atom is -0.476 e. The Kier molecular flexibility index (Phi) is 5.57. The number of ether oxygens (including phenoxy) is 1. The van der Waals surface area contributed by atoms with Crippen molar-refractivity contribution in [1.82, 2.24) is 14.3 Å². The molecular formula is C24H19N3O4. The molecule has 1 heterocycles. The van der Waals surface area contributed by atoms with Gasteiger partial charge in [0.15, 0.2) is 5.78 Å². The van der Waals surface area contributed by atoms with Gasteiger partial charge in [0.25, 0.3) is 5.88 Å². The number of carbonyl (C=O) groups is 1. The Bertz CT molecular complexity index is 1330. The highest BCUT2D eigenvalue weighted by Crippen LogP contribution is 2.12. The van der Waals surface area contributed by atoms with E-state index >= 15 is 0 Å². The Balaban J connectivity index is 1.69. The van der Waals surface area contributed by atoms with Crippen LogP contribution in [-0.4, -0.2) is 27.2 Å². The van der Waals surface area contributed by atoms with E-state index in [-0.39, 0.29) is 18.2 Å². The summed E-state index contributed by atoms with van der Waals surface area (Å²) in [7, 11) is 1.33. The molecule has 0 amide bonds. The summed E-state index contributed by atoms with van der Waals surface area (Å²) in [6.45, 7) is 0.0171. The fourth-order valence-corrected chi connectivity index (χ4v) is 3.20. The van der Waals surface area contributed by atoms with E-state index in [1.54, 1.807) is 60.7 Å². The van der Waals surface area contributed by atoms with Gasteiger partial charge in [-0.05, 0) is 17.7 Å². The lowest BCUT2D eigenvalue weighted by molar-refractivity contribution is 0.103. The SMILES string of the molecule is COc1nn(-c2ccccc2)c(=O)n(Cc2ccc(C(=O)c3ccccc3)cc2)c1=O. The monoisotopic (exact) mass is 413 g/mol. The molecule has 1 aromatic heterocycles. The van der Waals surface area contributed by atoms with Gasteiger partial charge in [-0.15, -0.1) is 5.10 Å². The van der Waals surface area contributed by atoms with E-state index in [4.69, 9.17) is 4.74 Å². The van der Waals surface area contributed by atoms with Gasteiger partial charge in [0.05, 0.1) is 19.3 Å². The molecule has 0 aliphatic heterocycles. The smallest absolute Gasteiger partial charge is 0.352 e. The molecule has 0 fully saturated rings. The molecule has 3 aromatic carbocycles. The Morgan fingerprint density at radius 1 is 0.839 bits per heavy atom. The van der Waals surface area contributed by atoms with Crippen molar-refractivity contribution in [1.29, 1.82) is 0 Å². The number of benzene rings is 3. The number of hydrogen-bond acceptors (Lipinski definition) is 5. The molecule has 0 unspecified atom stereocenters. The van der Waals surface area contributed by atoms with Crippen LogP contribution in [0.3, 0.4) is 0 Å². The van der Waals surface area contributed by atoms with Crippen molar-refractivity contribution < 1.29 is 9.53 Å². The minimum atomic E-state index is -0.621. The molecule has 0 saturated carbocycles. The van der Waals surface area contributed by atoms with Crippen LogP contribution >= 0.6 is 0 Å². The largest absolute Gasteiger partial charge is 0.476 e. The molecule has 0 atom stereocenters. The standard InChI is InChI=1S/C24H19N3O4/c1-31-22-23(29)26(24(30)27(25-22)20-10-6-3-7-11-20)16-17-12-14-19(15-13-17)21(28)18-8-4-2-5-9-18/h2-15H,16H2,1H3. The summed E-state index contributed by atoms with van der Waals surface area (Å²) < 4.78 is 7.29. The fourth-order valence-electron chi connectivity index (χ4n) is 3.20. The van der Waals surface area contributed by atoms with Crippen molar-refractivity contribution in [2.24, 2.45) is 0 Å². The van der Waals surface area contributed by atoms with Crippen LogP contribution in [0.1, 0.15) is 21.5 Å². The summed E-state index contributed by atoms with van der Waals surface area (Å²) in [6, 6.07) is 24.6. The van der Waals surface area contributed by atoms with Gasteiger partial charge in [-0.25, -0.2) is 9.36 Å². The molecule has 0 radical (unpaired) electrons. The molecule has 4 aromatic rings. The first-order chi connectivity index (χ1) is 15.1. The van der Waals surface area contributed by atoms with Crippen molar-refractivity contribution in [3.8, 4) is 11.6 Å². The molecule has 0 saturated heterocycles. The van der Waals surface area contributed by atoms with Gasteiger partial charge < -0.3 is 4.74 Å². The Morgan fingerprint density at radius 2 is 1.42 bits per heavy atom. The van der Waals surface area contributed by atoms with Crippen molar-refractivity contribution in [3.63, 3.8) is 0 Å². The van der Waals surface area contributed by atoms with Gasteiger partial charge in [-0.2, -0.15) is 4.68 Å². The van der Waals surface area contributed by atoms with Gasteiger partial charge in [-0.1, -0.05) is 72.8 Å². The highest BCUT2D eigenvalue weighted by atomic mass is 16.5. The van der Waals surface area contributed by atoms with Gasteiger partial charge >= 0.3 is 11.2 Å². The second kappa shape index (κ2) is 8.62. The van der Waals surface area contributed by atoms with Crippen LogP contribution < -0.4 is 16.0 Å². The lowest BCUT2D eigenvalue weighted by Gasteiger charge is -2.11. The zero-order valence-corrected chi connectivity index (χ0v) is 16.8. The summed E-state index contributed by atoms with van der Waals surface area (Å²) in [6.07, 6.45) is 0. The van der Waals surface area contributed by atoms with Crippen LogP contribution in [0.5, 0.6) is 5.88 Å². The number of nitrogens with zero attached hydrogens (tertiary/aromatic N) is 3. The third-order valence-corrected chi connectivity index (χ3v) is 4.82. The first-order valence-electron chi connectivity index (χ1n) is 9.61. The average Bonchev–Trinajstić information content (AvgIpc) is 2.83. The molecule has 31 heavy (non-hydrogen) atoms. The number of rotatable bonds is 6. The summed E-state index contributed by atoms with van der Waals surface area (Å²) >= 11 is 0. The maximum Gasteiger partial charge on any atom is 0.352 e. The van der Waals surface area contributed by atoms with E-state index in [0.717, 1.165) is 9.25 Å². The van der Waals surface area contributed by atoms with E-state index in [0.29, 0.717) is 22.4 Å². The summed E-state index contributed by atoms with van der Waals surface area (Å²) in [5.74, 6) is -0.277. The highest BCUT2D eigenvalue weighted by Gasteiger charge is 2.16. The number of aromatic nitrogens is 3. The first kappa shape index (κ1) is 20.0. The van der Waals surface area contributed by atoms with E-state index in [1.807, 2.05) is 24.3 Å². The summed E-state index contributed by atoms with van der Waals surface area (Å²) in [5.41, 5.74) is 1.12. The molecule has 7 heteroatoms. The molecule has 0 N–H and O–H groups in total. The van der Waals surface area contributed by atoms with Crippen molar-refractivity contribution in [2.75, 3.05) is 7.11 Å². The Morgan fingerprint density at radius 3 is 2.03 bits per heavy atom. The molecule has 4 rings (SSSR count). The van der Waals surface area contributed by atoms with E-state index in [2.05, 4.69) is 5.10 Å². The number of carbonyl (C=O) groups excluding carboxylic acids is 1. The molecular weight excluding hydrogens is 394 g/mol. The Hall–Kier alpha value is -4.26. The molecule has 154 valence electrons. The van der Waals surface area contributed by atoms with Gasteiger partial charge in [0, 0.05) is 11.1 Å². The molecule has 0 aliphatic carbocycles. The van der Waals surface area contributed by atoms with Crippen LogP contribution in [-0.2, 0) is 6.54 Å². The highest BCUT2D eigenvalue weighted by molar-refractivity contribution is 6.08. The quantitative estimate of drug-likeness (QED) is 0.454. The lowest BCUT2D eigenvalue weighted by atomic mass is 10.0. The maximum atomic E-state index is 13.0. The van der Waals surface area contributed by atoms with Crippen molar-refractivity contribution >= 4 is 5.78 Å². The Labute approximate surface area is 177 Å². The summed E-state index contributed by atoms with van der Waals surface area (Å²) in [5, 5.41) is 4.04. The molecule has 0 spiro atoms. The zero-order chi connectivity index (χ0) is 21.8. The van der Waals surface area contributed by atoms with Gasteiger partial charge in [-0.3, -0.25) is 9.59 Å². The third kappa shape index (κ3) is 4.06. The molecule has 0 bridgehead atoms. The number of methoxy groups -OCH3 is 1. The van der Waals surface area contributed by atoms with Crippen molar-refractivity contribution in [2.45, 2.75) is 6.54 Å². The predicted molar refractivity (Wildman–Crippen MR) is 116 cm³/mol. The number of hydrogen-bond donors (Lipinski definition) is 0. The van der Waals surface area contributed by atoms with Gasteiger partial charge in [0.1, 0.15) is 0 Å². The topological polar surface area (TPSA) is 83.2 Å². The van der Waals surface area contributed by atoms with E-state index in [1.165, 1.54) is 7.11 Å². The predicted octanol–water partition coefficient (Wildman–Crippen LogP) is 2.68. The maximum absolute atomic E-state index is 13.0. The van der Waals surface area contributed by atoms with E-state index in [9.17, 15) is 14.4 Å². The van der Waals surface area contributed by atoms with Gasteiger partial charge in [0.2, 0.25) is 0 Å². The second-order valence-electron chi connectivity index (χ2n) is 6.82. The van der Waals surface area contributed by atoms with Crippen molar-refractivity contribution in [3.05, 3.63) is 122 Å².